The zero-order valence-electron chi connectivity index (χ0n) is 12.5. The first-order valence-electron chi connectivity index (χ1n) is 6.82. The highest BCUT2D eigenvalue weighted by Gasteiger charge is 2.16. The number of rotatable bonds is 7. The van der Waals surface area contributed by atoms with E-state index in [-0.39, 0.29) is 24.9 Å². The van der Waals surface area contributed by atoms with Gasteiger partial charge in [-0.25, -0.2) is 0 Å². The molecule has 0 aromatic heterocycles. The Morgan fingerprint density at radius 3 is 2.62 bits per heavy atom. The summed E-state index contributed by atoms with van der Waals surface area (Å²) in [5, 5.41) is 12.1. The lowest BCUT2D eigenvalue weighted by atomic mass is 10.2. The second-order valence-corrected chi connectivity index (χ2v) is 5.58. The average Bonchev–Trinajstić information content (AvgIpc) is 2.39. The van der Waals surface area contributed by atoms with E-state index in [0.717, 1.165) is 5.56 Å². The van der Waals surface area contributed by atoms with Crippen LogP contribution in [-0.4, -0.2) is 41.0 Å². The summed E-state index contributed by atoms with van der Waals surface area (Å²) in [6.45, 7) is 6.19. The molecule has 1 aromatic carbocycles. The molecule has 5 nitrogen and oxygen atoms in total. The van der Waals surface area contributed by atoms with E-state index in [0.29, 0.717) is 17.3 Å². The molecule has 0 spiro atoms. The summed E-state index contributed by atoms with van der Waals surface area (Å²) in [5.41, 5.74) is 1.49. The predicted molar refractivity (Wildman–Crippen MR) is 83.8 cm³/mol. The molecule has 1 rings (SSSR count). The van der Waals surface area contributed by atoms with Crippen molar-refractivity contribution in [3.63, 3.8) is 0 Å². The van der Waals surface area contributed by atoms with Crippen molar-refractivity contribution in [2.45, 2.75) is 33.2 Å². The molecule has 2 N–H and O–H groups in total. The number of hydrogen-bond acceptors (Lipinski definition) is 3. The second-order valence-electron chi connectivity index (χ2n) is 5.17. The van der Waals surface area contributed by atoms with Crippen molar-refractivity contribution >= 4 is 29.2 Å². The number of amides is 1. The predicted octanol–water partition coefficient (Wildman–Crippen LogP) is 2.77. The lowest BCUT2D eigenvalue weighted by molar-refractivity contribution is -0.137. The molecule has 0 saturated heterocycles. The molecule has 21 heavy (non-hydrogen) atoms. The molecule has 0 bridgehead atoms. The number of nitrogens with one attached hydrogen (secondary N) is 1. The summed E-state index contributed by atoms with van der Waals surface area (Å²) >= 11 is 6.01. The van der Waals surface area contributed by atoms with E-state index in [2.05, 4.69) is 5.32 Å². The van der Waals surface area contributed by atoms with Gasteiger partial charge in [-0.2, -0.15) is 0 Å². The van der Waals surface area contributed by atoms with Gasteiger partial charge < -0.3 is 10.4 Å². The first-order valence-corrected chi connectivity index (χ1v) is 7.20. The first-order chi connectivity index (χ1) is 9.81. The third-order valence-electron chi connectivity index (χ3n) is 3.23. The molecule has 0 aliphatic rings. The standard InChI is InChI=1S/C15H21ClN2O3/c1-10(2)18(8-7-15(20)21)9-14(19)17-13-6-4-5-12(16)11(13)3/h4-6,10H,7-9H2,1-3H3,(H,17,19)(H,20,21). The van der Waals surface area contributed by atoms with Crippen molar-refractivity contribution in [1.82, 2.24) is 4.90 Å². The van der Waals surface area contributed by atoms with Crippen LogP contribution in [0.15, 0.2) is 18.2 Å². The lowest BCUT2D eigenvalue weighted by Crippen LogP contribution is -2.39. The summed E-state index contributed by atoms with van der Waals surface area (Å²) in [7, 11) is 0. The van der Waals surface area contributed by atoms with Gasteiger partial charge in [0.05, 0.1) is 13.0 Å². The Morgan fingerprint density at radius 1 is 1.38 bits per heavy atom. The fourth-order valence-electron chi connectivity index (χ4n) is 1.88. The molecular formula is C15H21ClN2O3. The van der Waals surface area contributed by atoms with Gasteiger partial charge in [-0.05, 0) is 38.5 Å². The van der Waals surface area contributed by atoms with Crippen molar-refractivity contribution in [1.29, 1.82) is 0 Å². The number of carboxylic acid groups (broad SMARTS) is 1. The molecule has 6 heteroatoms. The maximum atomic E-state index is 12.1. The van der Waals surface area contributed by atoms with Crippen molar-refractivity contribution in [2.75, 3.05) is 18.4 Å². The zero-order chi connectivity index (χ0) is 16.0. The minimum atomic E-state index is -0.869. The molecular weight excluding hydrogens is 292 g/mol. The second kappa shape index (κ2) is 8.00. The molecule has 0 unspecified atom stereocenters. The van der Waals surface area contributed by atoms with Crippen LogP contribution in [0.4, 0.5) is 5.69 Å². The SMILES string of the molecule is Cc1c(Cl)cccc1NC(=O)CN(CCC(=O)O)C(C)C. The van der Waals surface area contributed by atoms with E-state index < -0.39 is 5.97 Å². The van der Waals surface area contributed by atoms with E-state index in [1.165, 1.54) is 0 Å². The number of anilines is 1. The van der Waals surface area contributed by atoms with Crippen LogP contribution in [-0.2, 0) is 9.59 Å². The molecule has 0 aliphatic carbocycles. The van der Waals surface area contributed by atoms with Crippen molar-refractivity contribution in [3.05, 3.63) is 28.8 Å². The van der Waals surface area contributed by atoms with Crippen LogP contribution in [0.2, 0.25) is 5.02 Å². The van der Waals surface area contributed by atoms with Gasteiger partial charge >= 0.3 is 5.97 Å². The third kappa shape index (κ3) is 5.73. The maximum Gasteiger partial charge on any atom is 0.304 e. The number of hydrogen-bond donors (Lipinski definition) is 2. The number of carbonyl (C=O) groups is 2. The number of carbonyl (C=O) groups excluding carboxylic acids is 1. The number of benzene rings is 1. The van der Waals surface area contributed by atoms with Gasteiger partial charge in [-0.15, -0.1) is 0 Å². The topological polar surface area (TPSA) is 69.6 Å². The Morgan fingerprint density at radius 2 is 2.05 bits per heavy atom. The Balaban J connectivity index is 2.65. The normalized spacial score (nSPS) is 11.0. The molecule has 0 heterocycles. The van der Waals surface area contributed by atoms with Gasteiger partial charge in [0.15, 0.2) is 0 Å². The number of nitrogens with zero attached hydrogens (tertiary/aromatic N) is 1. The molecule has 0 saturated carbocycles. The lowest BCUT2D eigenvalue weighted by Gasteiger charge is -2.25. The van der Waals surface area contributed by atoms with Crippen LogP contribution in [0.25, 0.3) is 0 Å². The fraction of sp³-hybridized carbons (Fsp3) is 0.467. The van der Waals surface area contributed by atoms with Gasteiger partial charge in [0, 0.05) is 23.3 Å². The van der Waals surface area contributed by atoms with Crippen LogP contribution in [0, 0.1) is 6.92 Å². The largest absolute Gasteiger partial charge is 0.481 e. The maximum absolute atomic E-state index is 12.1. The molecule has 116 valence electrons. The number of halogens is 1. The van der Waals surface area contributed by atoms with Crippen molar-refractivity contribution in [2.24, 2.45) is 0 Å². The quantitative estimate of drug-likeness (QED) is 0.812. The summed E-state index contributed by atoms with van der Waals surface area (Å²) in [6, 6.07) is 5.42. The highest BCUT2D eigenvalue weighted by molar-refractivity contribution is 6.31. The summed E-state index contributed by atoms with van der Waals surface area (Å²) in [6.07, 6.45) is 0.0155. The van der Waals surface area contributed by atoms with Crippen LogP contribution >= 0.6 is 11.6 Å². The molecule has 0 radical (unpaired) electrons. The van der Waals surface area contributed by atoms with Crippen LogP contribution in [0.3, 0.4) is 0 Å². The smallest absolute Gasteiger partial charge is 0.304 e. The fourth-order valence-corrected chi connectivity index (χ4v) is 2.05. The van der Waals surface area contributed by atoms with Gasteiger partial charge in [-0.3, -0.25) is 14.5 Å². The highest BCUT2D eigenvalue weighted by atomic mass is 35.5. The average molecular weight is 313 g/mol. The van der Waals surface area contributed by atoms with Gasteiger partial charge in [0.1, 0.15) is 0 Å². The summed E-state index contributed by atoms with van der Waals surface area (Å²) < 4.78 is 0. The van der Waals surface area contributed by atoms with Crippen LogP contribution < -0.4 is 5.32 Å². The summed E-state index contributed by atoms with van der Waals surface area (Å²) in [4.78, 5) is 24.6. The molecule has 0 aliphatic heterocycles. The monoisotopic (exact) mass is 312 g/mol. The molecule has 0 atom stereocenters. The van der Waals surface area contributed by atoms with E-state index in [4.69, 9.17) is 16.7 Å². The van der Waals surface area contributed by atoms with Crippen LogP contribution in [0.5, 0.6) is 0 Å². The minimum absolute atomic E-state index is 0.0155. The van der Waals surface area contributed by atoms with E-state index >= 15 is 0 Å². The third-order valence-corrected chi connectivity index (χ3v) is 3.64. The minimum Gasteiger partial charge on any atom is -0.481 e. The molecule has 1 amide bonds. The van der Waals surface area contributed by atoms with Crippen LogP contribution in [0.1, 0.15) is 25.8 Å². The van der Waals surface area contributed by atoms with Gasteiger partial charge in [0.2, 0.25) is 5.91 Å². The van der Waals surface area contributed by atoms with E-state index in [1.807, 2.05) is 25.7 Å². The Kier molecular flexibility index (Phi) is 6.65. The molecule has 0 fully saturated rings. The summed E-state index contributed by atoms with van der Waals surface area (Å²) in [5.74, 6) is -1.05. The zero-order valence-corrected chi connectivity index (χ0v) is 13.3. The Hall–Kier alpha value is -1.59. The Bertz CT molecular complexity index is 518. The van der Waals surface area contributed by atoms with Gasteiger partial charge in [0.25, 0.3) is 0 Å². The van der Waals surface area contributed by atoms with Crippen molar-refractivity contribution in [3.8, 4) is 0 Å². The first kappa shape index (κ1) is 17.5. The molecule has 1 aromatic rings. The van der Waals surface area contributed by atoms with Crippen molar-refractivity contribution < 1.29 is 14.7 Å². The van der Waals surface area contributed by atoms with Gasteiger partial charge in [-0.1, -0.05) is 17.7 Å². The van der Waals surface area contributed by atoms with E-state index in [9.17, 15) is 9.59 Å². The number of aliphatic carboxylic acids is 1. The highest BCUT2D eigenvalue weighted by Crippen LogP contribution is 2.22. The Labute approximate surface area is 129 Å². The van der Waals surface area contributed by atoms with E-state index in [1.54, 1.807) is 18.2 Å². The number of carboxylic acids is 1.